The van der Waals surface area contributed by atoms with Crippen molar-refractivity contribution in [1.29, 1.82) is 0 Å². The van der Waals surface area contributed by atoms with E-state index in [4.69, 9.17) is 17.3 Å². The molecule has 0 atom stereocenters. The van der Waals surface area contributed by atoms with E-state index in [1.807, 2.05) is 37.3 Å². The van der Waals surface area contributed by atoms with E-state index in [-0.39, 0.29) is 6.54 Å². The van der Waals surface area contributed by atoms with E-state index in [2.05, 4.69) is 20.4 Å². The molecule has 1 aromatic carbocycles. The normalized spacial score (nSPS) is 10.9. The van der Waals surface area contributed by atoms with Gasteiger partial charge in [0.25, 0.3) is 5.78 Å². The molecule has 0 aliphatic carbocycles. The Bertz CT molecular complexity index is 749. The molecule has 0 unspecified atom stereocenters. The van der Waals surface area contributed by atoms with E-state index < -0.39 is 0 Å². The van der Waals surface area contributed by atoms with Gasteiger partial charge in [-0.2, -0.15) is 9.50 Å². The number of halogens is 1. The first-order valence-electron chi connectivity index (χ1n) is 6.11. The lowest BCUT2D eigenvalue weighted by atomic mass is 10.3. The fourth-order valence-corrected chi connectivity index (χ4v) is 2.01. The van der Waals surface area contributed by atoms with Gasteiger partial charge < -0.3 is 11.1 Å². The van der Waals surface area contributed by atoms with Crippen LogP contribution in [0.1, 0.15) is 11.5 Å². The monoisotopic (exact) mass is 288 g/mol. The lowest BCUT2D eigenvalue weighted by molar-refractivity contribution is 0.867. The minimum Gasteiger partial charge on any atom is -0.340 e. The Morgan fingerprint density at radius 3 is 2.70 bits per heavy atom. The zero-order valence-electron chi connectivity index (χ0n) is 10.8. The van der Waals surface area contributed by atoms with Crippen LogP contribution in [0.2, 0.25) is 5.02 Å². The van der Waals surface area contributed by atoms with Gasteiger partial charge in [-0.1, -0.05) is 11.6 Å². The molecule has 0 fully saturated rings. The fourth-order valence-electron chi connectivity index (χ4n) is 1.88. The second-order valence-corrected chi connectivity index (χ2v) is 4.80. The van der Waals surface area contributed by atoms with Gasteiger partial charge in [-0.25, -0.2) is 4.98 Å². The summed E-state index contributed by atoms with van der Waals surface area (Å²) in [5.74, 6) is 1.87. The van der Waals surface area contributed by atoms with Crippen LogP contribution in [-0.2, 0) is 6.54 Å². The molecular weight excluding hydrogens is 276 g/mol. The Hall–Kier alpha value is -2.18. The first kappa shape index (κ1) is 12.8. The SMILES string of the molecule is Cc1cc(Nc2ccc(Cl)cc2)n2nc(CN)nc2n1. The highest BCUT2D eigenvalue weighted by Crippen LogP contribution is 2.19. The standard InChI is InChI=1S/C13H13ClN6/c1-8-6-12(17-10-4-2-9(14)3-5-10)20-13(16-8)18-11(7-15)19-20/h2-6,17H,7,15H2,1H3. The molecule has 6 nitrogen and oxygen atoms in total. The van der Waals surface area contributed by atoms with Crippen molar-refractivity contribution in [1.82, 2.24) is 19.6 Å². The van der Waals surface area contributed by atoms with Crippen LogP contribution in [0, 0.1) is 6.92 Å². The molecule has 0 aliphatic rings. The zero-order valence-corrected chi connectivity index (χ0v) is 11.6. The van der Waals surface area contributed by atoms with Crippen molar-refractivity contribution in [2.75, 3.05) is 5.32 Å². The van der Waals surface area contributed by atoms with Gasteiger partial charge in [0.1, 0.15) is 5.82 Å². The second-order valence-electron chi connectivity index (χ2n) is 4.36. The van der Waals surface area contributed by atoms with Gasteiger partial charge in [0.2, 0.25) is 0 Å². The van der Waals surface area contributed by atoms with Crippen LogP contribution in [-0.4, -0.2) is 19.6 Å². The highest BCUT2D eigenvalue weighted by Gasteiger charge is 2.09. The van der Waals surface area contributed by atoms with Crippen LogP contribution in [0.15, 0.2) is 30.3 Å². The summed E-state index contributed by atoms with van der Waals surface area (Å²) in [6, 6.07) is 9.33. The molecule has 2 aromatic heterocycles. The summed E-state index contributed by atoms with van der Waals surface area (Å²) in [4.78, 5) is 8.60. The van der Waals surface area contributed by atoms with Crippen LogP contribution in [0.25, 0.3) is 5.78 Å². The van der Waals surface area contributed by atoms with Crippen LogP contribution in [0.3, 0.4) is 0 Å². The predicted octanol–water partition coefficient (Wildman–Crippen LogP) is 2.29. The van der Waals surface area contributed by atoms with E-state index in [0.717, 1.165) is 17.2 Å². The van der Waals surface area contributed by atoms with E-state index in [9.17, 15) is 0 Å². The third-order valence-electron chi connectivity index (χ3n) is 2.78. The Morgan fingerprint density at radius 1 is 1.25 bits per heavy atom. The minimum absolute atomic E-state index is 0.281. The van der Waals surface area contributed by atoms with Crippen molar-refractivity contribution < 1.29 is 0 Å². The first-order chi connectivity index (χ1) is 9.65. The number of rotatable bonds is 3. The maximum absolute atomic E-state index is 5.88. The summed E-state index contributed by atoms with van der Waals surface area (Å²) >= 11 is 5.88. The molecule has 0 saturated heterocycles. The third-order valence-corrected chi connectivity index (χ3v) is 3.04. The maximum Gasteiger partial charge on any atom is 0.254 e. The van der Waals surface area contributed by atoms with Crippen molar-refractivity contribution in [2.24, 2.45) is 5.73 Å². The van der Waals surface area contributed by atoms with Crippen LogP contribution in [0.4, 0.5) is 11.5 Å². The van der Waals surface area contributed by atoms with Crippen LogP contribution in [0.5, 0.6) is 0 Å². The van der Waals surface area contributed by atoms with Crippen LogP contribution >= 0.6 is 11.6 Å². The number of fused-ring (bicyclic) bond motifs is 1. The zero-order chi connectivity index (χ0) is 14.1. The summed E-state index contributed by atoms with van der Waals surface area (Å²) in [7, 11) is 0. The van der Waals surface area contributed by atoms with Gasteiger partial charge in [0.05, 0.1) is 6.54 Å². The lowest BCUT2D eigenvalue weighted by Crippen LogP contribution is -2.03. The molecule has 102 valence electrons. The molecule has 7 heteroatoms. The summed E-state index contributed by atoms with van der Waals surface area (Å²) in [5.41, 5.74) is 7.33. The number of hydrogen-bond acceptors (Lipinski definition) is 5. The topological polar surface area (TPSA) is 81.1 Å². The maximum atomic E-state index is 5.88. The number of nitrogens with two attached hydrogens (primary N) is 1. The number of aryl methyl sites for hydroxylation is 1. The number of aromatic nitrogens is 4. The first-order valence-corrected chi connectivity index (χ1v) is 6.49. The molecule has 0 aliphatic heterocycles. The van der Waals surface area contributed by atoms with Gasteiger partial charge in [0, 0.05) is 22.5 Å². The van der Waals surface area contributed by atoms with Gasteiger partial charge in [-0.15, -0.1) is 5.10 Å². The Morgan fingerprint density at radius 2 is 2.00 bits per heavy atom. The van der Waals surface area contributed by atoms with Crippen molar-refractivity contribution in [3.05, 3.63) is 46.9 Å². The molecule has 0 spiro atoms. The second kappa shape index (κ2) is 5.07. The van der Waals surface area contributed by atoms with Crippen molar-refractivity contribution >= 4 is 28.9 Å². The minimum atomic E-state index is 0.281. The summed E-state index contributed by atoms with van der Waals surface area (Å²) in [6.07, 6.45) is 0. The molecular formula is C13H13ClN6. The molecule has 0 amide bonds. The van der Waals surface area contributed by atoms with Gasteiger partial charge in [-0.3, -0.25) is 0 Å². The van der Waals surface area contributed by atoms with Gasteiger partial charge >= 0.3 is 0 Å². The molecule has 3 N–H and O–H groups in total. The Kier molecular flexibility index (Phi) is 3.25. The molecule has 0 saturated carbocycles. The molecule has 2 heterocycles. The average Bonchev–Trinajstić information content (AvgIpc) is 2.84. The van der Waals surface area contributed by atoms with Crippen molar-refractivity contribution in [3.63, 3.8) is 0 Å². The summed E-state index contributed by atoms with van der Waals surface area (Å²) < 4.78 is 1.64. The van der Waals surface area contributed by atoms with Gasteiger partial charge in [-0.05, 0) is 31.2 Å². The van der Waals surface area contributed by atoms with E-state index in [0.29, 0.717) is 16.6 Å². The Balaban J connectivity index is 2.05. The lowest BCUT2D eigenvalue weighted by Gasteiger charge is -2.08. The van der Waals surface area contributed by atoms with E-state index in [1.54, 1.807) is 4.52 Å². The van der Waals surface area contributed by atoms with E-state index in [1.165, 1.54) is 0 Å². The average molecular weight is 289 g/mol. The molecule has 3 rings (SSSR count). The quantitative estimate of drug-likeness (QED) is 0.773. The number of nitrogens with zero attached hydrogens (tertiary/aromatic N) is 4. The molecule has 3 aromatic rings. The van der Waals surface area contributed by atoms with Crippen molar-refractivity contribution in [3.8, 4) is 0 Å². The number of benzene rings is 1. The van der Waals surface area contributed by atoms with E-state index >= 15 is 0 Å². The molecule has 0 radical (unpaired) electrons. The summed E-state index contributed by atoms with van der Waals surface area (Å²) in [5, 5.41) is 8.28. The van der Waals surface area contributed by atoms with Gasteiger partial charge in [0.15, 0.2) is 5.82 Å². The predicted molar refractivity (Wildman–Crippen MR) is 78.1 cm³/mol. The molecule has 20 heavy (non-hydrogen) atoms. The van der Waals surface area contributed by atoms with Crippen LogP contribution < -0.4 is 11.1 Å². The largest absolute Gasteiger partial charge is 0.340 e. The van der Waals surface area contributed by atoms with Crippen molar-refractivity contribution in [2.45, 2.75) is 13.5 Å². The summed E-state index contributed by atoms with van der Waals surface area (Å²) in [6.45, 7) is 2.19. The fraction of sp³-hybridized carbons (Fsp3) is 0.154. The highest BCUT2D eigenvalue weighted by molar-refractivity contribution is 6.30. The third kappa shape index (κ3) is 2.43. The number of anilines is 2. The number of hydrogen-bond donors (Lipinski definition) is 2. The number of nitrogens with one attached hydrogen (secondary N) is 1. The Labute approximate surface area is 120 Å². The smallest absolute Gasteiger partial charge is 0.254 e. The highest BCUT2D eigenvalue weighted by atomic mass is 35.5. The molecule has 0 bridgehead atoms.